The zero-order valence-corrected chi connectivity index (χ0v) is 39.3. The maximum Gasteiger partial charge on any atom is 0.220 e. The van der Waals surface area contributed by atoms with Crippen LogP contribution in [0, 0.1) is 0 Å². The standard InChI is InChI=1S/C54H89NO8/c1-3-5-7-9-11-12-13-14-15-16-17-18-19-20-21-22-23-24-25-26-27-28-29-30-31-32-33-34-35-36-38-40-42-44-50(58)55-47(48(57)43-41-39-37-10-8-6-4-2)46-62-54-53(61)52(60)51(59)49(45-56)63-54/h5,7,11-12,14-15,17-18,20-21,23-24,26-27,29-30,32-33,47-49,51-54,56-57,59-61H,3-4,6,8-10,13,16,19,22,25,28,31,34-46H2,1-2H3,(H,55,58)/b7-5-,12-11-,15-14-,18-17-,21-20-,24-23-,27-26-,30-29-,33-32-. The van der Waals surface area contributed by atoms with Gasteiger partial charge in [0.1, 0.15) is 24.4 Å². The summed E-state index contributed by atoms with van der Waals surface area (Å²) < 4.78 is 11.2. The first-order valence-electron chi connectivity index (χ1n) is 24.6. The van der Waals surface area contributed by atoms with Gasteiger partial charge in [0.15, 0.2) is 6.29 Å². The molecule has 7 atom stereocenters. The Kier molecular flexibility index (Phi) is 39.3. The molecule has 0 bridgehead atoms. The van der Waals surface area contributed by atoms with E-state index in [4.69, 9.17) is 9.47 Å². The molecule has 0 aromatic rings. The van der Waals surface area contributed by atoms with E-state index >= 15 is 0 Å². The van der Waals surface area contributed by atoms with E-state index < -0.39 is 49.5 Å². The molecular formula is C54H89NO8. The minimum atomic E-state index is -1.56. The van der Waals surface area contributed by atoms with Crippen molar-refractivity contribution in [1.82, 2.24) is 5.32 Å². The Balaban J connectivity index is 2.18. The minimum absolute atomic E-state index is 0.155. The van der Waals surface area contributed by atoms with Crippen molar-refractivity contribution >= 4 is 5.91 Å². The lowest BCUT2D eigenvalue weighted by molar-refractivity contribution is -0.302. The van der Waals surface area contributed by atoms with E-state index in [2.05, 4.69) is 129 Å². The molecule has 9 nitrogen and oxygen atoms in total. The van der Waals surface area contributed by atoms with Crippen LogP contribution in [0.3, 0.4) is 0 Å². The Hall–Kier alpha value is -3.15. The van der Waals surface area contributed by atoms with Gasteiger partial charge < -0.3 is 40.3 Å². The topological polar surface area (TPSA) is 149 Å². The summed E-state index contributed by atoms with van der Waals surface area (Å²) in [5, 5.41) is 54.1. The van der Waals surface area contributed by atoms with Crippen molar-refractivity contribution in [3.63, 3.8) is 0 Å². The highest BCUT2D eigenvalue weighted by Gasteiger charge is 2.44. The maximum absolute atomic E-state index is 12.9. The number of carbonyl (C=O) groups is 1. The van der Waals surface area contributed by atoms with E-state index in [1.54, 1.807) is 0 Å². The summed E-state index contributed by atoms with van der Waals surface area (Å²) in [4.78, 5) is 12.9. The number of unbranched alkanes of at least 4 members (excludes halogenated alkanes) is 11. The quantitative estimate of drug-likeness (QED) is 0.0264. The second-order valence-corrected chi connectivity index (χ2v) is 16.5. The number of allylic oxidation sites excluding steroid dienone is 18. The number of carbonyl (C=O) groups excluding carboxylic acids is 1. The minimum Gasteiger partial charge on any atom is -0.394 e. The van der Waals surface area contributed by atoms with Crippen LogP contribution in [0.25, 0.3) is 0 Å². The Labute approximate surface area is 383 Å². The predicted molar refractivity (Wildman–Crippen MR) is 262 cm³/mol. The van der Waals surface area contributed by atoms with Crippen LogP contribution in [0.5, 0.6) is 0 Å². The number of hydrogen-bond donors (Lipinski definition) is 6. The van der Waals surface area contributed by atoms with Gasteiger partial charge >= 0.3 is 0 Å². The summed E-state index contributed by atoms with van der Waals surface area (Å²) in [6.07, 6.45) is 55.6. The molecule has 1 aliphatic heterocycles. The summed E-state index contributed by atoms with van der Waals surface area (Å²) in [5.74, 6) is -0.174. The average Bonchev–Trinajstić information content (AvgIpc) is 3.28. The maximum atomic E-state index is 12.9. The number of aliphatic hydroxyl groups is 5. The molecule has 0 aromatic heterocycles. The highest BCUT2D eigenvalue weighted by Crippen LogP contribution is 2.23. The molecule has 6 N–H and O–H groups in total. The molecule has 63 heavy (non-hydrogen) atoms. The first kappa shape index (κ1) is 57.9. The van der Waals surface area contributed by atoms with Crippen LogP contribution in [-0.2, 0) is 14.3 Å². The molecule has 1 aliphatic rings. The Morgan fingerprint density at radius 3 is 1.46 bits per heavy atom. The molecule has 0 spiro atoms. The van der Waals surface area contributed by atoms with Crippen LogP contribution in [0.2, 0.25) is 0 Å². The van der Waals surface area contributed by atoms with E-state index in [9.17, 15) is 30.3 Å². The van der Waals surface area contributed by atoms with Crippen molar-refractivity contribution in [3.8, 4) is 0 Å². The van der Waals surface area contributed by atoms with E-state index in [-0.39, 0.29) is 12.5 Å². The Morgan fingerprint density at radius 1 is 0.556 bits per heavy atom. The third-order valence-corrected chi connectivity index (χ3v) is 10.9. The second kappa shape index (κ2) is 42.8. The smallest absolute Gasteiger partial charge is 0.220 e. The van der Waals surface area contributed by atoms with Gasteiger partial charge in [-0.2, -0.15) is 0 Å². The third-order valence-electron chi connectivity index (χ3n) is 10.9. The van der Waals surface area contributed by atoms with E-state index in [0.29, 0.717) is 12.8 Å². The lowest BCUT2D eigenvalue weighted by Crippen LogP contribution is -2.60. The van der Waals surface area contributed by atoms with Crippen LogP contribution in [0.4, 0.5) is 0 Å². The number of aliphatic hydroxyl groups excluding tert-OH is 5. The van der Waals surface area contributed by atoms with E-state index in [0.717, 1.165) is 116 Å². The molecule has 0 saturated carbocycles. The summed E-state index contributed by atoms with van der Waals surface area (Å²) >= 11 is 0. The molecule has 1 saturated heterocycles. The van der Waals surface area contributed by atoms with Crippen molar-refractivity contribution in [2.24, 2.45) is 0 Å². The average molecular weight is 880 g/mol. The van der Waals surface area contributed by atoms with Gasteiger partial charge in [-0.25, -0.2) is 0 Å². The summed E-state index contributed by atoms with van der Waals surface area (Å²) in [6.45, 7) is 3.63. The van der Waals surface area contributed by atoms with Crippen LogP contribution >= 0.6 is 0 Å². The fraction of sp³-hybridized carbons (Fsp3) is 0.648. The molecule has 9 heteroatoms. The van der Waals surface area contributed by atoms with Crippen molar-refractivity contribution in [2.75, 3.05) is 13.2 Å². The van der Waals surface area contributed by atoms with Gasteiger partial charge in [-0.05, 0) is 83.5 Å². The lowest BCUT2D eigenvalue weighted by atomic mass is 9.99. The fourth-order valence-electron chi connectivity index (χ4n) is 6.97. The van der Waals surface area contributed by atoms with Crippen LogP contribution in [-0.4, -0.2) is 87.5 Å². The number of nitrogens with one attached hydrogen (secondary N) is 1. The molecule has 0 aliphatic carbocycles. The van der Waals surface area contributed by atoms with E-state index in [1.807, 2.05) is 0 Å². The molecular weight excluding hydrogens is 791 g/mol. The second-order valence-electron chi connectivity index (χ2n) is 16.5. The first-order valence-corrected chi connectivity index (χ1v) is 24.6. The van der Waals surface area contributed by atoms with Crippen LogP contribution in [0.15, 0.2) is 109 Å². The number of hydrogen-bond acceptors (Lipinski definition) is 8. The molecule has 358 valence electrons. The van der Waals surface area contributed by atoms with Gasteiger partial charge in [0.2, 0.25) is 5.91 Å². The molecule has 0 aromatic carbocycles. The van der Waals surface area contributed by atoms with Gasteiger partial charge in [-0.15, -0.1) is 0 Å². The zero-order chi connectivity index (χ0) is 45.9. The number of ether oxygens (including phenoxy) is 2. The zero-order valence-electron chi connectivity index (χ0n) is 39.3. The molecule has 7 unspecified atom stereocenters. The van der Waals surface area contributed by atoms with Crippen LogP contribution in [0.1, 0.15) is 168 Å². The van der Waals surface area contributed by atoms with Crippen molar-refractivity contribution < 1.29 is 39.8 Å². The summed E-state index contributed by atoms with van der Waals surface area (Å²) in [5.41, 5.74) is 0. The monoisotopic (exact) mass is 880 g/mol. The van der Waals surface area contributed by atoms with Gasteiger partial charge in [-0.1, -0.05) is 187 Å². The molecule has 1 heterocycles. The third kappa shape index (κ3) is 33.1. The highest BCUT2D eigenvalue weighted by molar-refractivity contribution is 5.76. The molecule has 1 fully saturated rings. The number of amides is 1. The largest absolute Gasteiger partial charge is 0.394 e. The predicted octanol–water partition coefficient (Wildman–Crippen LogP) is 11.1. The van der Waals surface area contributed by atoms with E-state index in [1.165, 1.54) is 25.7 Å². The Bertz CT molecular complexity index is 1340. The van der Waals surface area contributed by atoms with Gasteiger partial charge in [0.25, 0.3) is 0 Å². The first-order chi connectivity index (χ1) is 30.8. The molecule has 0 radical (unpaired) electrons. The molecule has 1 amide bonds. The van der Waals surface area contributed by atoms with Crippen molar-refractivity contribution in [3.05, 3.63) is 109 Å². The fourth-order valence-corrected chi connectivity index (χ4v) is 6.97. The van der Waals surface area contributed by atoms with Gasteiger partial charge in [-0.3, -0.25) is 4.79 Å². The SMILES string of the molecule is CC/C=C\C/C=C\C/C=C\C/C=C\C/C=C\C/C=C\C/C=C\C/C=C\C/C=C\CCCCCCCC(=O)NC(COC1OC(CO)C(O)C(O)C1O)C(O)CCCCCCCCC. The normalized spacial score (nSPS) is 21.2. The highest BCUT2D eigenvalue weighted by atomic mass is 16.7. The Morgan fingerprint density at radius 2 is 0.984 bits per heavy atom. The van der Waals surface area contributed by atoms with Gasteiger partial charge in [0.05, 0.1) is 25.4 Å². The summed E-state index contributed by atoms with van der Waals surface area (Å²) in [7, 11) is 0. The van der Waals surface area contributed by atoms with Crippen molar-refractivity contribution in [2.45, 2.75) is 211 Å². The summed E-state index contributed by atoms with van der Waals surface area (Å²) in [6, 6.07) is -0.734. The van der Waals surface area contributed by atoms with Gasteiger partial charge in [0, 0.05) is 6.42 Å². The lowest BCUT2D eigenvalue weighted by Gasteiger charge is -2.40. The number of rotatable bonds is 39. The van der Waals surface area contributed by atoms with Crippen LogP contribution < -0.4 is 5.32 Å². The molecule has 1 rings (SSSR count). The van der Waals surface area contributed by atoms with Crippen molar-refractivity contribution in [1.29, 1.82) is 0 Å².